The number of ketones is 1. The molecule has 5 nitrogen and oxygen atoms in total. The number of aliphatic carboxylic acids is 2. The highest BCUT2D eigenvalue weighted by Gasteiger charge is 2.07. The normalized spacial score (nSPS) is 9.33. The molecule has 0 aromatic heterocycles. The quantitative estimate of drug-likeness (QED) is 0.564. The second-order valence-corrected chi connectivity index (χ2v) is 2.36. The number of Topliss-reactive ketones (excluding diaryl/α,β-unsaturated/α-hetero) is 1. The summed E-state index contributed by atoms with van der Waals surface area (Å²) in [4.78, 5) is 30.6. The van der Waals surface area contributed by atoms with Crippen molar-refractivity contribution in [3.63, 3.8) is 0 Å². The number of hydrogen-bond donors (Lipinski definition) is 2. The largest absolute Gasteiger partial charge is 0.481 e. The molecule has 0 rings (SSSR count). The number of carboxylic acid groups (broad SMARTS) is 2. The first-order valence-electron chi connectivity index (χ1n) is 3.47. The van der Waals surface area contributed by atoms with Gasteiger partial charge in [-0.1, -0.05) is 0 Å². The summed E-state index contributed by atoms with van der Waals surface area (Å²) in [5.41, 5.74) is 0. The van der Waals surface area contributed by atoms with Crippen molar-refractivity contribution in [1.82, 2.24) is 0 Å². The molecule has 0 aromatic rings. The van der Waals surface area contributed by atoms with Crippen LogP contribution in [0.1, 0.15) is 25.7 Å². The predicted molar refractivity (Wildman–Crippen MR) is 38.7 cm³/mol. The summed E-state index contributed by atoms with van der Waals surface area (Å²) in [5, 5.41) is 16.3. The van der Waals surface area contributed by atoms with E-state index in [4.69, 9.17) is 10.2 Å². The van der Waals surface area contributed by atoms with Gasteiger partial charge in [0, 0.05) is 12.8 Å². The molecule has 0 amide bonds. The second-order valence-electron chi connectivity index (χ2n) is 2.36. The van der Waals surface area contributed by atoms with Crippen molar-refractivity contribution in [1.29, 1.82) is 0 Å². The molecule has 0 spiro atoms. The Morgan fingerprint density at radius 3 is 1.92 bits per heavy atom. The molecule has 0 saturated carbocycles. The van der Waals surface area contributed by atoms with Gasteiger partial charge in [-0.05, 0) is 6.42 Å². The average Bonchev–Trinajstić information content (AvgIpc) is 1.84. The molecule has 0 heterocycles. The number of rotatable bonds is 6. The fourth-order valence-electron chi connectivity index (χ4n) is 0.694. The highest BCUT2D eigenvalue weighted by molar-refractivity contribution is 5.94. The van der Waals surface area contributed by atoms with E-state index in [1.54, 1.807) is 0 Å². The fourth-order valence-corrected chi connectivity index (χ4v) is 0.694. The van der Waals surface area contributed by atoms with E-state index in [1.165, 1.54) is 0 Å². The number of carboxylic acids is 2. The lowest BCUT2D eigenvalue weighted by Crippen LogP contribution is -2.07. The van der Waals surface area contributed by atoms with Crippen LogP contribution in [0.4, 0.5) is 0 Å². The summed E-state index contributed by atoms with van der Waals surface area (Å²) in [6, 6.07) is 0. The average molecular weight is 174 g/mol. The molecular weight excluding hydrogens is 164 g/mol. The van der Waals surface area contributed by atoms with Crippen molar-refractivity contribution in [3.8, 4) is 0 Å². The molecule has 68 valence electrons. The number of hydrogen-bond acceptors (Lipinski definition) is 3. The first kappa shape index (κ1) is 10.6. The van der Waals surface area contributed by atoms with E-state index in [9.17, 15) is 14.4 Å². The van der Waals surface area contributed by atoms with Gasteiger partial charge in [0.2, 0.25) is 0 Å². The molecule has 0 fully saturated rings. The van der Waals surface area contributed by atoms with Crippen LogP contribution in [0.2, 0.25) is 0 Å². The molecule has 0 bridgehead atoms. The third-order valence-electron chi connectivity index (χ3n) is 1.19. The maximum atomic E-state index is 10.7. The molecule has 0 atom stereocenters. The van der Waals surface area contributed by atoms with E-state index in [0.717, 1.165) is 0 Å². The zero-order chi connectivity index (χ0) is 9.56. The molecule has 0 aromatic carbocycles. The summed E-state index contributed by atoms with van der Waals surface area (Å²) in [5.74, 6) is -2.57. The van der Waals surface area contributed by atoms with Crippen molar-refractivity contribution >= 4 is 17.7 Å². The van der Waals surface area contributed by atoms with Crippen LogP contribution in [0.5, 0.6) is 0 Å². The Hall–Kier alpha value is -1.39. The Morgan fingerprint density at radius 1 is 0.917 bits per heavy atom. The molecular formula is C7H10O5. The molecule has 0 unspecified atom stereocenters. The van der Waals surface area contributed by atoms with Gasteiger partial charge in [-0.25, -0.2) is 0 Å². The number of carbonyl (C=O) groups excluding carboxylic acids is 1. The van der Waals surface area contributed by atoms with Crippen LogP contribution in [0.25, 0.3) is 0 Å². The van der Waals surface area contributed by atoms with Crippen molar-refractivity contribution < 1.29 is 24.6 Å². The maximum absolute atomic E-state index is 10.7. The van der Waals surface area contributed by atoms with Gasteiger partial charge in [0.05, 0.1) is 0 Å². The van der Waals surface area contributed by atoms with Crippen molar-refractivity contribution in [2.75, 3.05) is 0 Å². The van der Waals surface area contributed by atoms with Gasteiger partial charge in [0.25, 0.3) is 0 Å². The van der Waals surface area contributed by atoms with Crippen LogP contribution in [0.15, 0.2) is 0 Å². The van der Waals surface area contributed by atoms with Gasteiger partial charge in [-0.3, -0.25) is 14.4 Å². The summed E-state index contributed by atoms with van der Waals surface area (Å²) >= 11 is 0. The fraction of sp³-hybridized carbons (Fsp3) is 0.571. The highest BCUT2D eigenvalue weighted by atomic mass is 16.4. The van der Waals surface area contributed by atoms with Crippen LogP contribution < -0.4 is 0 Å². The molecule has 2 N–H and O–H groups in total. The Labute approximate surface area is 69.0 Å². The lowest BCUT2D eigenvalue weighted by molar-refractivity contribution is -0.140. The van der Waals surface area contributed by atoms with Gasteiger partial charge in [0.1, 0.15) is 12.2 Å². The molecule has 5 heteroatoms. The zero-order valence-electron chi connectivity index (χ0n) is 6.45. The highest BCUT2D eigenvalue weighted by Crippen LogP contribution is 1.99. The van der Waals surface area contributed by atoms with E-state index in [0.29, 0.717) is 0 Å². The van der Waals surface area contributed by atoms with E-state index < -0.39 is 24.1 Å². The smallest absolute Gasteiger partial charge is 0.310 e. The van der Waals surface area contributed by atoms with Gasteiger partial charge in [-0.2, -0.15) is 0 Å². The monoisotopic (exact) mass is 174 g/mol. The third-order valence-corrected chi connectivity index (χ3v) is 1.19. The molecule has 12 heavy (non-hydrogen) atoms. The first-order chi connectivity index (χ1) is 5.52. The van der Waals surface area contributed by atoms with Crippen LogP contribution in [0, 0.1) is 0 Å². The topological polar surface area (TPSA) is 91.7 Å². The van der Waals surface area contributed by atoms with Crippen LogP contribution in [-0.4, -0.2) is 27.9 Å². The standard InChI is InChI=1S/C7H10O5/c8-5(4-7(11)12)2-1-3-6(9)10/h1-4H2,(H,9,10)(H,11,12). The molecule has 0 aliphatic rings. The van der Waals surface area contributed by atoms with E-state index >= 15 is 0 Å². The van der Waals surface area contributed by atoms with Gasteiger partial charge < -0.3 is 10.2 Å². The lowest BCUT2D eigenvalue weighted by Gasteiger charge is -1.94. The van der Waals surface area contributed by atoms with Gasteiger partial charge in [-0.15, -0.1) is 0 Å². The van der Waals surface area contributed by atoms with Crippen molar-refractivity contribution in [2.45, 2.75) is 25.7 Å². The Balaban J connectivity index is 3.44. The first-order valence-corrected chi connectivity index (χ1v) is 3.47. The van der Waals surface area contributed by atoms with Crippen LogP contribution in [0.3, 0.4) is 0 Å². The minimum absolute atomic E-state index is 0.0264. The Morgan fingerprint density at radius 2 is 1.50 bits per heavy atom. The Bertz CT molecular complexity index is 196. The maximum Gasteiger partial charge on any atom is 0.310 e. The SMILES string of the molecule is O=C(O)CCCC(=O)CC(=O)O. The Kier molecular flexibility index (Phi) is 4.67. The van der Waals surface area contributed by atoms with Crippen LogP contribution in [-0.2, 0) is 14.4 Å². The summed E-state index contributed by atoms with van der Waals surface area (Å²) in [6.45, 7) is 0. The molecule has 0 saturated heterocycles. The lowest BCUT2D eigenvalue weighted by atomic mass is 10.1. The zero-order valence-corrected chi connectivity index (χ0v) is 6.45. The number of carbonyl (C=O) groups is 3. The van der Waals surface area contributed by atoms with Crippen molar-refractivity contribution in [2.24, 2.45) is 0 Å². The van der Waals surface area contributed by atoms with Gasteiger partial charge >= 0.3 is 11.9 Å². The summed E-state index contributed by atoms with van der Waals surface area (Å²) in [7, 11) is 0. The van der Waals surface area contributed by atoms with E-state index in [-0.39, 0.29) is 19.3 Å². The van der Waals surface area contributed by atoms with Crippen molar-refractivity contribution in [3.05, 3.63) is 0 Å². The van der Waals surface area contributed by atoms with E-state index in [2.05, 4.69) is 0 Å². The van der Waals surface area contributed by atoms with E-state index in [1.807, 2.05) is 0 Å². The minimum Gasteiger partial charge on any atom is -0.481 e. The predicted octanol–water partition coefficient (Wildman–Crippen LogP) is 0.285. The molecule has 0 radical (unpaired) electrons. The van der Waals surface area contributed by atoms with Gasteiger partial charge in [0.15, 0.2) is 0 Å². The minimum atomic E-state index is -1.17. The molecule has 0 aliphatic carbocycles. The van der Waals surface area contributed by atoms with Crippen LogP contribution >= 0.6 is 0 Å². The summed E-state index contributed by atoms with van der Waals surface area (Å²) < 4.78 is 0. The third kappa shape index (κ3) is 6.73. The summed E-state index contributed by atoms with van der Waals surface area (Å²) in [6.07, 6.45) is -0.370. The molecule has 0 aliphatic heterocycles. The second kappa shape index (κ2) is 5.29.